The first-order chi connectivity index (χ1) is 11.6. The summed E-state index contributed by atoms with van der Waals surface area (Å²) >= 11 is 1.96. The fourth-order valence-corrected chi connectivity index (χ4v) is 4.62. The molecule has 1 aromatic carbocycles. The van der Waals surface area contributed by atoms with E-state index in [2.05, 4.69) is 0 Å². The number of aliphatic hydroxyl groups is 1. The maximum absolute atomic E-state index is 12.9. The van der Waals surface area contributed by atoms with E-state index in [4.69, 9.17) is 0 Å². The summed E-state index contributed by atoms with van der Waals surface area (Å²) in [5.74, 6) is 2.28. The van der Waals surface area contributed by atoms with Crippen molar-refractivity contribution in [3.63, 3.8) is 0 Å². The molecule has 0 atom stereocenters. The Morgan fingerprint density at radius 3 is 2.50 bits per heavy atom. The molecule has 1 saturated heterocycles. The van der Waals surface area contributed by atoms with Crippen molar-refractivity contribution in [3.8, 4) is 0 Å². The van der Waals surface area contributed by atoms with Gasteiger partial charge in [0.15, 0.2) is 0 Å². The van der Waals surface area contributed by atoms with Gasteiger partial charge in [-0.3, -0.25) is 4.79 Å². The van der Waals surface area contributed by atoms with Crippen molar-refractivity contribution in [2.24, 2.45) is 0 Å². The fourth-order valence-electron chi connectivity index (χ4n) is 3.61. The Morgan fingerprint density at radius 1 is 1.17 bits per heavy atom. The van der Waals surface area contributed by atoms with Crippen LogP contribution < -0.4 is 0 Å². The molecular formula is C20H27NO2S. The van der Waals surface area contributed by atoms with Crippen molar-refractivity contribution in [2.75, 3.05) is 18.1 Å². The largest absolute Gasteiger partial charge is 0.388 e. The summed E-state index contributed by atoms with van der Waals surface area (Å²) in [4.78, 5) is 14.7. The van der Waals surface area contributed by atoms with Crippen LogP contribution in [0.15, 0.2) is 42.0 Å². The van der Waals surface area contributed by atoms with Gasteiger partial charge >= 0.3 is 0 Å². The average molecular weight is 346 g/mol. The van der Waals surface area contributed by atoms with Gasteiger partial charge in [-0.1, -0.05) is 48.7 Å². The third kappa shape index (κ3) is 4.87. The molecule has 0 unspecified atom stereocenters. The van der Waals surface area contributed by atoms with E-state index in [1.807, 2.05) is 53.1 Å². The first-order valence-corrected chi connectivity index (χ1v) is 10.1. The van der Waals surface area contributed by atoms with Crippen LogP contribution in [0.5, 0.6) is 0 Å². The highest BCUT2D eigenvalue weighted by Crippen LogP contribution is 2.31. The van der Waals surface area contributed by atoms with E-state index >= 15 is 0 Å². The lowest BCUT2D eigenvalue weighted by atomic mass is 10.0. The molecule has 130 valence electrons. The molecule has 0 radical (unpaired) electrons. The van der Waals surface area contributed by atoms with Gasteiger partial charge < -0.3 is 10.0 Å². The Bertz CT molecular complexity index is 571. The summed E-state index contributed by atoms with van der Waals surface area (Å²) in [7, 11) is 0. The lowest BCUT2D eigenvalue weighted by Gasteiger charge is -2.31. The third-order valence-corrected chi connectivity index (χ3v) is 6.00. The molecule has 0 bridgehead atoms. The molecule has 0 aromatic heterocycles. The molecule has 1 N–H and O–H groups in total. The number of rotatable bonds is 5. The quantitative estimate of drug-likeness (QED) is 0.826. The standard InChI is InChI=1S/C20H27NO2S/c22-19(14-17-8-12-24-13-9-17)21(15-18-6-2-1-3-7-18)16-20(23)10-4-5-11-20/h1-3,6-7,14,23H,4-5,8-13,15-16H2. The molecule has 1 heterocycles. The van der Waals surface area contributed by atoms with Gasteiger partial charge in [-0.2, -0.15) is 11.8 Å². The van der Waals surface area contributed by atoms with Gasteiger partial charge in [0.05, 0.1) is 12.1 Å². The van der Waals surface area contributed by atoms with Gasteiger partial charge in [-0.15, -0.1) is 0 Å². The van der Waals surface area contributed by atoms with Crippen molar-refractivity contribution < 1.29 is 9.90 Å². The molecule has 3 rings (SSSR count). The lowest BCUT2D eigenvalue weighted by Crippen LogP contribution is -2.43. The van der Waals surface area contributed by atoms with Crippen molar-refractivity contribution in [1.82, 2.24) is 4.90 Å². The average Bonchev–Trinajstić information content (AvgIpc) is 3.02. The van der Waals surface area contributed by atoms with Gasteiger partial charge in [0.1, 0.15) is 0 Å². The lowest BCUT2D eigenvalue weighted by molar-refractivity contribution is -0.130. The van der Waals surface area contributed by atoms with Crippen LogP contribution in [0.25, 0.3) is 0 Å². The van der Waals surface area contributed by atoms with Crippen LogP contribution in [0.3, 0.4) is 0 Å². The molecule has 0 spiro atoms. The van der Waals surface area contributed by atoms with E-state index in [1.54, 1.807) is 0 Å². The number of thioether (sulfide) groups is 1. The van der Waals surface area contributed by atoms with Crippen LogP contribution in [0.2, 0.25) is 0 Å². The van der Waals surface area contributed by atoms with Crippen LogP contribution in [0, 0.1) is 0 Å². The van der Waals surface area contributed by atoms with E-state index < -0.39 is 5.60 Å². The van der Waals surface area contributed by atoms with Gasteiger partial charge in [0, 0.05) is 12.6 Å². The molecule has 1 aliphatic heterocycles. The second kappa shape index (κ2) is 8.21. The zero-order chi connectivity index (χ0) is 16.8. The second-order valence-electron chi connectivity index (χ2n) is 7.03. The molecule has 24 heavy (non-hydrogen) atoms. The van der Waals surface area contributed by atoms with E-state index in [0.717, 1.165) is 55.6 Å². The molecular weight excluding hydrogens is 318 g/mol. The Hall–Kier alpha value is -1.26. The Labute approximate surface area is 149 Å². The molecule has 1 aromatic rings. The van der Waals surface area contributed by atoms with Crippen LogP contribution in [0.4, 0.5) is 0 Å². The second-order valence-corrected chi connectivity index (χ2v) is 8.25. The smallest absolute Gasteiger partial charge is 0.246 e. The summed E-state index contributed by atoms with van der Waals surface area (Å²) in [6, 6.07) is 10.1. The van der Waals surface area contributed by atoms with E-state index in [-0.39, 0.29) is 5.91 Å². The number of amides is 1. The predicted molar refractivity (Wildman–Crippen MR) is 99.9 cm³/mol. The van der Waals surface area contributed by atoms with E-state index in [1.165, 1.54) is 5.57 Å². The van der Waals surface area contributed by atoms with E-state index in [0.29, 0.717) is 13.1 Å². The number of carbonyl (C=O) groups is 1. The first kappa shape index (κ1) is 17.6. The minimum Gasteiger partial charge on any atom is -0.388 e. The number of hydrogen-bond acceptors (Lipinski definition) is 3. The normalized spacial score (nSPS) is 20.0. The first-order valence-electron chi connectivity index (χ1n) is 8.97. The Kier molecular flexibility index (Phi) is 6.01. The van der Waals surface area contributed by atoms with E-state index in [9.17, 15) is 9.90 Å². The number of hydrogen-bond donors (Lipinski definition) is 1. The maximum Gasteiger partial charge on any atom is 0.246 e. The number of nitrogens with zero attached hydrogens (tertiary/aromatic N) is 1. The van der Waals surface area contributed by atoms with Crippen LogP contribution in [0.1, 0.15) is 44.1 Å². The Morgan fingerprint density at radius 2 is 1.83 bits per heavy atom. The third-order valence-electron chi connectivity index (χ3n) is 5.01. The highest BCUT2D eigenvalue weighted by atomic mass is 32.2. The summed E-state index contributed by atoms with van der Waals surface area (Å²) in [5, 5.41) is 10.8. The van der Waals surface area contributed by atoms with Gasteiger partial charge in [0.2, 0.25) is 5.91 Å². The van der Waals surface area contributed by atoms with Crippen molar-refractivity contribution in [3.05, 3.63) is 47.5 Å². The monoisotopic (exact) mass is 345 g/mol. The highest BCUT2D eigenvalue weighted by molar-refractivity contribution is 7.99. The zero-order valence-corrected chi connectivity index (χ0v) is 15.1. The van der Waals surface area contributed by atoms with Gasteiger partial charge in [0.25, 0.3) is 0 Å². The topological polar surface area (TPSA) is 40.5 Å². The molecule has 2 aliphatic rings. The highest BCUT2D eigenvalue weighted by Gasteiger charge is 2.34. The van der Waals surface area contributed by atoms with Crippen molar-refractivity contribution >= 4 is 17.7 Å². The minimum atomic E-state index is -0.703. The number of allylic oxidation sites excluding steroid dienone is 1. The summed E-state index contributed by atoms with van der Waals surface area (Å²) in [6.45, 7) is 1.01. The SMILES string of the molecule is O=C(C=C1CCSCC1)N(Cc1ccccc1)CC1(O)CCCC1. The maximum atomic E-state index is 12.9. The number of carbonyl (C=O) groups excluding carboxylic acids is 1. The predicted octanol–water partition coefficient (Wildman–Crippen LogP) is 3.77. The summed E-state index contributed by atoms with van der Waals surface area (Å²) in [5.41, 5.74) is 1.67. The molecule has 2 fully saturated rings. The summed E-state index contributed by atoms with van der Waals surface area (Å²) in [6.07, 6.45) is 7.59. The summed E-state index contributed by atoms with van der Waals surface area (Å²) < 4.78 is 0. The van der Waals surface area contributed by atoms with Crippen LogP contribution >= 0.6 is 11.8 Å². The Balaban J connectivity index is 1.74. The molecule has 1 saturated carbocycles. The van der Waals surface area contributed by atoms with Gasteiger partial charge in [-0.25, -0.2) is 0 Å². The van der Waals surface area contributed by atoms with Gasteiger partial charge in [-0.05, 0) is 42.8 Å². The minimum absolute atomic E-state index is 0.0566. The number of benzene rings is 1. The van der Waals surface area contributed by atoms with Crippen molar-refractivity contribution in [1.29, 1.82) is 0 Å². The van der Waals surface area contributed by atoms with Crippen molar-refractivity contribution in [2.45, 2.75) is 50.7 Å². The van der Waals surface area contributed by atoms with Crippen LogP contribution in [-0.4, -0.2) is 39.6 Å². The fraction of sp³-hybridized carbons (Fsp3) is 0.550. The van der Waals surface area contributed by atoms with Crippen LogP contribution in [-0.2, 0) is 11.3 Å². The molecule has 1 amide bonds. The molecule has 3 nitrogen and oxygen atoms in total. The zero-order valence-electron chi connectivity index (χ0n) is 14.2. The molecule has 1 aliphatic carbocycles. The molecule has 4 heteroatoms.